The minimum Gasteiger partial charge on any atom is -0.344 e. The molecule has 0 aromatic heterocycles. The molecule has 0 bridgehead atoms. The highest BCUT2D eigenvalue weighted by molar-refractivity contribution is 5.81. The summed E-state index contributed by atoms with van der Waals surface area (Å²) in [5, 5.41) is 10.6. The molecule has 0 radical (unpaired) electrons. The molecule has 4 nitrogen and oxygen atoms in total. The van der Waals surface area contributed by atoms with Gasteiger partial charge in [-0.2, -0.15) is 5.26 Å². The van der Waals surface area contributed by atoms with E-state index in [0.717, 1.165) is 0 Å². The highest BCUT2D eigenvalue weighted by Gasteiger charge is 2.14. The van der Waals surface area contributed by atoms with Crippen molar-refractivity contribution in [2.75, 3.05) is 13.6 Å². The number of hydrogen-bond acceptors (Lipinski definition) is 3. The molecule has 0 heterocycles. The molecule has 0 saturated carbocycles. The van der Waals surface area contributed by atoms with Crippen molar-refractivity contribution < 1.29 is 4.79 Å². The van der Waals surface area contributed by atoms with Crippen LogP contribution in [0.25, 0.3) is 0 Å². The van der Waals surface area contributed by atoms with E-state index in [4.69, 9.17) is 5.26 Å². The van der Waals surface area contributed by atoms with E-state index in [0.29, 0.717) is 6.54 Å². The molecule has 0 aromatic rings. The van der Waals surface area contributed by atoms with Crippen LogP contribution in [0.2, 0.25) is 0 Å². The largest absolute Gasteiger partial charge is 0.344 e. The lowest BCUT2D eigenvalue weighted by molar-refractivity contribution is -0.131. The van der Waals surface area contributed by atoms with Crippen molar-refractivity contribution in [3.05, 3.63) is 0 Å². The lowest BCUT2D eigenvalue weighted by atomic mass is 10.3. The number of carbonyl (C=O) groups excluding carboxylic acids is 1. The van der Waals surface area contributed by atoms with E-state index in [2.05, 4.69) is 5.32 Å². The average molecular weight is 155 g/mol. The number of nitrogens with one attached hydrogen (secondary N) is 1. The van der Waals surface area contributed by atoms with Gasteiger partial charge in [-0.3, -0.25) is 4.79 Å². The standard InChI is InChI=1S/C7H13N3O/c1-4-10(3)7(11)6(2)9-5-8/h6,9H,4H2,1-3H3. The first-order valence-corrected chi connectivity index (χ1v) is 3.53. The molecule has 0 fully saturated rings. The molecule has 1 N–H and O–H groups in total. The molecule has 0 aliphatic heterocycles. The highest BCUT2D eigenvalue weighted by Crippen LogP contribution is 1.89. The third-order valence-electron chi connectivity index (χ3n) is 1.50. The van der Waals surface area contributed by atoms with Crippen molar-refractivity contribution in [2.45, 2.75) is 19.9 Å². The van der Waals surface area contributed by atoms with Gasteiger partial charge in [0.15, 0.2) is 6.19 Å². The summed E-state index contributed by atoms with van der Waals surface area (Å²) in [6, 6.07) is -0.412. The summed E-state index contributed by atoms with van der Waals surface area (Å²) in [7, 11) is 1.71. The van der Waals surface area contributed by atoms with Crippen LogP contribution in [-0.2, 0) is 4.79 Å². The van der Waals surface area contributed by atoms with Crippen LogP contribution < -0.4 is 5.32 Å². The van der Waals surface area contributed by atoms with Gasteiger partial charge in [0.2, 0.25) is 5.91 Å². The molecule has 0 rings (SSSR count). The van der Waals surface area contributed by atoms with E-state index in [1.807, 2.05) is 6.92 Å². The van der Waals surface area contributed by atoms with Gasteiger partial charge in [0.25, 0.3) is 0 Å². The van der Waals surface area contributed by atoms with Crippen LogP contribution in [0.3, 0.4) is 0 Å². The Bertz CT molecular complexity index is 173. The van der Waals surface area contributed by atoms with Crippen molar-refractivity contribution in [3.63, 3.8) is 0 Å². The fourth-order valence-corrected chi connectivity index (χ4v) is 0.645. The first-order valence-electron chi connectivity index (χ1n) is 3.53. The lowest BCUT2D eigenvalue weighted by Gasteiger charge is -2.18. The zero-order valence-corrected chi connectivity index (χ0v) is 7.09. The zero-order valence-electron chi connectivity index (χ0n) is 7.09. The zero-order chi connectivity index (χ0) is 8.85. The van der Waals surface area contributed by atoms with Crippen LogP contribution in [0.4, 0.5) is 0 Å². The van der Waals surface area contributed by atoms with Crippen molar-refractivity contribution in [3.8, 4) is 6.19 Å². The highest BCUT2D eigenvalue weighted by atomic mass is 16.2. The Hall–Kier alpha value is -1.24. The maximum Gasteiger partial charge on any atom is 0.245 e. The maximum absolute atomic E-state index is 11.2. The topological polar surface area (TPSA) is 56.1 Å². The summed E-state index contributed by atoms with van der Waals surface area (Å²) in [5.74, 6) is -0.0611. The number of nitrogens with zero attached hydrogens (tertiary/aromatic N) is 2. The molecule has 1 unspecified atom stereocenters. The number of carbonyl (C=O) groups is 1. The lowest BCUT2D eigenvalue weighted by Crippen LogP contribution is -2.41. The third-order valence-corrected chi connectivity index (χ3v) is 1.50. The van der Waals surface area contributed by atoms with Crippen molar-refractivity contribution >= 4 is 5.91 Å². The summed E-state index contributed by atoms with van der Waals surface area (Å²) >= 11 is 0. The molecule has 1 atom stereocenters. The molecule has 11 heavy (non-hydrogen) atoms. The predicted octanol–water partition coefficient (Wildman–Crippen LogP) is -0.0761. The minimum atomic E-state index is -0.412. The van der Waals surface area contributed by atoms with Gasteiger partial charge in [0.1, 0.15) is 6.04 Å². The molecule has 1 amide bonds. The Balaban J connectivity index is 3.93. The summed E-state index contributed by atoms with van der Waals surface area (Å²) < 4.78 is 0. The summed E-state index contributed by atoms with van der Waals surface area (Å²) in [5.41, 5.74) is 0. The second-order valence-corrected chi connectivity index (χ2v) is 2.33. The number of likely N-dealkylation sites (N-methyl/N-ethyl adjacent to an activating group) is 1. The van der Waals surface area contributed by atoms with Gasteiger partial charge >= 0.3 is 0 Å². The van der Waals surface area contributed by atoms with Crippen molar-refractivity contribution in [1.29, 1.82) is 5.26 Å². The van der Waals surface area contributed by atoms with Gasteiger partial charge in [0.05, 0.1) is 0 Å². The normalized spacial score (nSPS) is 11.5. The number of hydrogen-bond donors (Lipinski definition) is 1. The van der Waals surface area contributed by atoms with Crippen LogP contribution >= 0.6 is 0 Å². The predicted molar refractivity (Wildman–Crippen MR) is 41.5 cm³/mol. The van der Waals surface area contributed by atoms with E-state index in [1.165, 1.54) is 0 Å². The van der Waals surface area contributed by atoms with Gasteiger partial charge in [-0.25, -0.2) is 0 Å². The van der Waals surface area contributed by atoms with Gasteiger partial charge in [-0.15, -0.1) is 0 Å². The van der Waals surface area contributed by atoms with Crippen molar-refractivity contribution in [1.82, 2.24) is 10.2 Å². The molecule has 4 heteroatoms. The monoisotopic (exact) mass is 155 g/mol. The first kappa shape index (κ1) is 9.76. The molecular weight excluding hydrogens is 142 g/mol. The number of rotatable bonds is 3. The third kappa shape index (κ3) is 2.89. The van der Waals surface area contributed by atoms with Crippen LogP contribution in [0.5, 0.6) is 0 Å². The van der Waals surface area contributed by atoms with E-state index in [9.17, 15) is 4.79 Å². The second kappa shape index (κ2) is 4.56. The minimum absolute atomic E-state index is 0.0611. The molecule has 0 aliphatic carbocycles. The smallest absolute Gasteiger partial charge is 0.245 e. The summed E-state index contributed by atoms with van der Waals surface area (Å²) in [6.07, 6.45) is 1.73. The van der Waals surface area contributed by atoms with Gasteiger partial charge in [0, 0.05) is 13.6 Å². The quantitative estimate of drug-likeness (QED) is 0.458. The molecule has 62 valence electrons. The van der Waals surface area contributed by atoms with Gasteiger partial charge < -0.3 is 10.2 Å². The van der Waals surface area contributed by atoms with E-state index >= 15 is 0 Å². The maximum atomic E-state index is 11.2. The van der Waals surface area contributed by atoms with E-state index in [1.54, 1.807) is 25.1 Å². The molecule has 0 aromatic carbocycles. The molecule has 0 spiro atoms. The molecule has 0 saturated heterocycles. The van der Waals surface area contributed by atoms with Crippen LogP contribution in [0, 0.1) is 11.5 Å². The van der Waals surface area contributed by atoms with Gasteiger partial charge in [-0.1, -0.05) is 0 Å². The fourth-order valence-electron chi connectivity index (χ4n) is 0.645. The average Bonchev–Trinajstić information content (AvgIpc) is 2.02. The Morgan fingerprint density at radius 2 is 2.36 bits per heavy atom. The Morgan fingerprint density at radius 1 is 1.82 bits per heavy atom. The van der Waals surface area contributed by atoms with Crippen LogP contribution in [0.15, 0.2) is 0 Å². The molecule has 0 aliphatic rings. The van der Waals surface area contributed by atoms with E-state index < -0.39 is 6.04 Å². The fraction of sp³-hybridized carbons (Fsp3) is 0.714. The second-order valence-electron chi connectivity index (χ2n) is 2.33. The summed E-state index contributed by atoms with van der Waals surface area (Å²) in [4.78, 5) is 12.7. The molecular formula is C7H13N3O. The van der Waals surface area contributed by atoms with E-state index in [-0.39, 0.29) is 5.91 Å². The van der Waals surface area contributed by atoms with Crippen LogP contribution in [-0.4, -0.2) is 30.4 Å². The number of amides is 1. The van der Waals surface area contributed by atoms with Crippen molar-refractivity contribution in [2.24, 2.45) is 0 Å². The Morgan fingerprint density at radius 3 is 2.73 bits per heavy atom. The van der Waals surface area contributed by atoms with Gasteiger partial charge in [-0.05, 0) is 13.8 Å². The Kier molecular flexibility index (Phi) is 4.04. The SMILES string of the molecule is CCN(C)C(=O)C(C)NC#N. The first-order chi connectivity index (χ1) is 5.13. The summed E-state index contributed by atoms with van der Waals surface area (Å²) in [6.45, 7) is 4.21. The number of nitriles is 1. The van der Waals surface area contributed by atoms with Crippen LogP contribution in [0.1, 0.15) is 13.8 Å². The Labute approximate surface area is 66.8 Å².